The molecule has 0 amide bonds. The summed E-state index contributed by atoms with van der Waals surface area (Å²) in [4.78, 5) is 0. The first-order valence-electron chi connectivity index (χ1n) is 6.97. The van der Waals surface area contributed by atoms with Crippen molar-refractivity contribution >= 4 is 23.2 Å². The van der Waals surface area contributed by atoms with Crippen LogP contribution in [0.2, 0.25) is 10.0 Å². The number of hydrogen-bond donors (Lipinski definition) is 2. The van der Waals surface area contributed by atoms with Crippen molar-refractivity contribution in [2.24, 2.45) is 11.3 Å². The number of nitrogens with one attached hydrogen (secondary N) is 1. The molecule has 3 fully saturated rings. The van der Waals surface area contributed by atoms with Crippen LogP contribution in [0.25, 0.3) is 0 Å². The molecule has 0 radical (unpaired) electrons. The maximum Gasteiger partial charge on any atom is 0.0744 e. The molecule has 0 bridgehead atoms. The van der Waals surface area contributed by atoms with E-state index in [0.29, 0.717) is 16.0 Å². The minimum atomic E-state index is -0.229. The van der Waals surface area contributed by atoms with E-state index in [0.717, 1.165) is 19.5 Å². The molecule has 1 saturated heterocycles. The lowest BCUT2D eigenvalue weighted by Gasteiger charge is -2.25. The summed E-state index contributed by atoms with van der Waals surface area (Å²) < 4.78 is 0. The van der Waals surface area contributed by atoms with Crippen molar-refractivity contribution in [3.63, 3.8) is 0 Å². The highest BCUT2D eigenvalue weighted by atomic mass is 35.5. The number of rotatable bonds is 1. The molecule has 1 spiro atoms. The lowest BCUT2D eigenvalue weighted by Crippen LogP contribution is -2.30. The predicted molar refractivity (Wildman–Crippen MR) is 76.8 cm³/mol. The molecule has 2 N–H and O–H groups in total. The number of fused-ring (bicyclic) bond motifs is 3. The largest absolute Gasteiger partial charge is 0.391 e. The Morgan fingerprint density at radius 3 is 2.79 bits per heavy atom. The predicted octanol–water partition coefficient (Wildman–Crippen LogP) is 3.00. The third kappa shape index (κ3) is 1.31. The van der Waals surface area contributed by atoms with Gasteiger partial charge in [0.15, 0.2) is 0 Å². The van der Waals surface area contributed by atoms with Gasteiger partial charge in [-0.15, -0.1) is 0 Å². The Morgan fingerprint density at radius 2 is 2.11 bits per heavy atom. The van der Waals surface area contributed by atoms with E-state index in [2.05, 4.69) is 11.4 Å². The lowest BCUT2D eigenvalue weighted by atomic mass is 9.81. The van der Waals surface area contributed by atoms with Crippen LogP contribution < -0.4 is 5.32 Å². The Balaban J connectivity index is 1.82. The maximum atomic E-state index is 10.5. The van der Waals surface area contributed by atoms with E-state index in [1.54, 1.807) is 0 Å². The highest BCUT2D eigenvalue weighted by Crippen LogP contribution is 2.79. The average molecular weight is 298 g/mol. The van der Waals surface area contributed by atoms with E-state index in [9.17, 15) is 5.11 Å². The van der Waals surface area contributed by atoms with Crippen LogP contribution >= 0.6 is 23.2 Å². The molecule has 1 aromatic carbocycles. The summed E-state index contributed by atoms with van der Waals surface area (Å²) in [6.45, 7) is 1.65. The Labute approximate surface area is 123 Å². The van der Waals surface area contributed by atoms with Gasteiger partial charge in [0.1, 0.15) is 0 Å². The van der Waals surface area contributed by atoms with E-state index in [1.165, 1.54) is 18.4 Å². The molecular formula is C15H17Cl2NO. The van der Waals surface area contributed by atoms with Gasteiger partial charge in [-0.05, 0) is 36.5 Å². The standard InChI is InChI=1S/C15H17Cl2NO/c16-10-4-3-9(6-11(10)17)14-5-1-2-12(14)15(14)8-18-7-13(15)19/h3-4,6,12-13,18-19H,1-2,5,7-8H2/t12?,13-,14?,15?/m1/s1. The Bertz CT molecular complexity index is 549. The van der Waals surface area contributed by atoms with Crippen LogP contribution in [0.1, 0.15) is 24.8 Å². The molecule has 102 valence electrons. The minimum Gasteiger partial charge on any atom is -0.391 e. The minimum absolute atomic E-state index is 0.0441. The van der Waals surface area contributed by atoms with Crippen molar-refractivity contribution in [3.05, 3.63) is 33.8 Å². The first-order chi connectivity index (χ1) is 9.13. The zero-order chi connectivity index (χ0) is 13.3. The molecule has 3 aliphatic rings. The number of aliphatic hydroxyl groups excluding tert-OH is 1. The van der Waals surface area contributed by atoms with Crippen molar-refractivity contribution in [2.45, 2.75) is 30.8 Å². The van der Waals surface area contributed by atoms with E-state index in [1.807, 2.05) is 12.1 Å². The Kier molecular flexibility index (Phi) is 2.55. The van der Waals surface area contributed by atoms with Gasteiger partial charge in [-0.2, -0.15) is 0 Å². The van der Waals surface area contributed by atoms with Crippen molar-refractivity contribution in [1.29, 1.82) is 0 Å². The van der Waals surface area contributed by atoms with Crippen LogP contribution in [-0.4, -0.2) is 24.3 Å². The first-order valence-corrected chi connectivity index (χ1v) is 7.73. The molecule has 4 atom stereocenters. The van der Waals surface area contributed by atoms with Gasteiger partial charge in [-0.25, -0.2) is 0 Å². The summed E-state index contributed by atoms with van der Waals surface area (Å²) in [5.41, 5.74) is 1.44. The normalized spacial score (nSPS) is 43.7. The summed E-state index contributed by atoms with van der Waals surface area (Å²) in [5.74, 6) is 0.599. The van der Waals surface area contributed by atoms with Crippen molar-refractivity contribution in [2.75, 3.05) is 13.1 Å². The van der Waals surface area contributed by atoms with Crippen molar-refractivity contribution in [3.8, 4) is 0 Å². The molecular weight excluding hydrogens is 281 g/mol. The first kappa shape index (κ1) is 12.5. The number of β-amino-alcohol motifs (C(OH)–C–C–N with tert-alkyl or cyclic N) is 1. The van der Waals surface area contributed by atoms with E-state index in [-0.39, 0.29) is 16.9 Å². The highest BCUT2D eigenvalue weighted by Gasteiger charge is 2.81. The van der Waals surface area contributed by atoms with Gasteiger partial charge in [0, 0.05) is 23.9 Å². The van der Waals surface area contributed by atoms with Crippen LogP contribution in [0.5, 0.6) is 0 Å². The van der Waals surface area contributed by atoms with Crippen LogP contribution in [-0.2, 0) is 5.41 Å². The number of aliphatic hydroxyl groups is 1. The fourth-order valence-corrected chi connectivity index (χ4v) is 5.42. The van der Waals surface area contributed by atoms with E-state index >= 15 is 0 Å². The van der Waals surface area contributed by atoms with E-state index < -0.39 is 0 Å². The zero-order valence-electron chi connectivity index (χ0n) is 10.6. The summed E-state index contributed by atoms with van der Waals surface area (Å²) >= 11 is 12.2. The molecule has 1 heterocycles. The second-order valence-electron chi connectivity index (χ2n) is 6.23. The number of hydrogen-bond acceptors (Lipinski definition) is 2. The molecule has 4 rings (SSSR count). The molecule has 2 nitrogen and oxygen atoms in total. The molecule has 1 aliphatic heterocycles. The quantitative estimate of drug-likeness (QED) is 0.835. The fourth-order valence-electron chi connectivity index (χ4n) is 5.13. The van der Waals surface area contributed by atoms with Gasteiger partial charge in [-0.3, -0.25) is 0 Å². The third-order valence-electron chi connectivity index (χ3n) is 5.81. The number of halogens is 2. The van der Waals surface area contributed by atoms with E-state index in [4.69, 9.17) is 23.2 Å². The van der Waals surface area contributed by atoms with Gasteiger partial charge in [0.25, 0.3) is 0 Å². The molecule has 3 unspecified atom stereocenters. The molecule has 1 aromatic rings. The van der Waals surface area contributed by atoms with Crippen molar-refractivity contribution in [1.82, 2.24) is 5.32 Å². The molecule has 4 heteroatoms. The van der Waals surface area contributed by atoms with Gasteiger partial charge in [0.05, 0.1) is 16.1 Å². The second kappa shape index (κ2) is 3.88. The molecule has 2 saturated carbocycles. The lowest BCUT2D eigenvalue weighted by molar-refractivity contribution is 0.107. The molecule has 2 aliphatic carbocycles. The summed E-state index contributed by atoms with van der Waals surface area (Å²) in [6.07, 6.45) is 3.40. The molecule has 0 aromatic heterocycles. The Hall–Kier alpha value is -0.280. The zero-order valence-corrected chi connectivity index (χ0v) is 12.1. The summed E-state index contributed by atoms with van der Waals surface area (Å²) in [6, 6.07) is 6.01. The highest BCUT2D eigenvalue weighted by molar-refractivity contribution is 6.42. The number of benzene rings is 1. The third-order valence-corrected chi connectivity index (χ3v) is 6.55. The maximum absolute atomic E-state index is 10.5. The second-order valence-corrected chi connectivity index (χ2v) is 7.05. The average Bonchev–Trinajstić information content (AvgIpc) is 2.74. The van der Waals surface area contributed by atoms with Crippen LogP contribution in [0.3, 0.4) is 0 Å². The van der Waals surface area contributed by atoms with Crippen molar-refractivity contribution < 1.29 is 5.11 Å². The fraction of sp³-hybridized carbons (Fsp3) is 0.600. The van der Waals surface area contributed by atoms with Crippen LogP contribution in [0, 0.1) is 11.3 Å². The van der Waals surface area contributed by atoms with Crippen LogP contribution in [0.15, 0.2) is 18.2 Å². The Morgan fingerprint density at radius 1 is 1.26 bits per heavy atom. The topological polar surface area (TPSA) is 32.3 Å². The summed E-state index contributed by atoms with van der Waals surface area (Å²) in [7, 11) is 0. The molecule has 19 heavy (non-hydrogen) atoms. The summed E-state index contributed by atoms with van der Waals surface area (Å²) in [5, 5.41) is 15.1. The smallest absolute Gasteiger partial charge is 0.0744 e. The van der Waals surface area contributed by atoms with Gasteiger partial charge >= 0.3 is 0 Å². The monoisotopic (exact) mass is 297 g/mol. The van der Waals surface area contributed by atoms with Gasteiger partial charge in [-0.1, -0.05) is 35.7 Å². The van der Waals surface area contributed by atoms with Crippen LogP contribution in [0.4, 0.5) is 0 Å². The SMILES string of the molecule is O[C@@H]1CNCC12C1CCCC12c1ccc(Cl)c(Cl)c1. The van der Waals surface area contributed by atoms with Gasteiger partial charge in [0.2, 0.25) is 0 Å². The van der Waals surface area contributed by atoms with Gasteiger partial charge < -0.3 is 10.4 Å².